The summed E-state index contributed by atoms with van der Waals surface area (Å²) >= 11 is 2.18. The smallest absolute Gasteiger partial charge is 0.251 e. The first-order chi connectivity index (χ1) is 13.0. The summed E-state index contributed by atoms with van der Waals surface area (Å²) in [6.07, 6.45) is 11.4. The van der Waals surface area contributed by atoms with Gasteiger partial charge in [-0.05, 0) is 66.2 Å². The number of carbonyl (C=O) groups is 2. The average Bonchev–Trinajstić information content (AvgIpc) is 2.67. The maximum Gasteiger partial charge on any atom is 0.251 e. The van der Waals surface area contributed by atoms with E-state index in [4.69, 9.17) is 11.5 Å². The molecule has 1 atom stereocenters. The summed E-state index contributed by atoms with van der Waals surface area (Å²) in [5.74, 6) is -0.341. The number of halogens is 1. The molecule has 27 heavy (non-hydrogen) atoms. The van der Waals surface area contributed by atoms with Gasteiger partial charge in [-0.2, -0.15) is 0 Å². The Morgan fingerprint density at radius 3 is 1.96 bits per heavy atom. The van der Waals surface area contributed by atoms with Crippen LogP contribution in [0.4, 0.5) is 0 Å². The molecule has 5 N–H and O–H groups in total. The van der Waals surface area contributed by atoms with Crippen molar-refractivity contribution in [3.8, 4) is 0 Å². The van der Waals surface area contributed by atoms with E-state index in [1.807, 2.05) is 12.1 Å². The van der Waals surface area contributed by atoms with Crippen LogP contribution in [-0.4, -0.2) is 30.8 Å². The Morgan fingerprint density at radius 2 is 1.41 bits per heavy atom. The largest absolute Gasteiger partial charge is 0.345 e. The topological polar surface area (TPSA) is 98.2 Å². The minimum Gasteiger partial charge on any atom is -0.345 e. The second-order valence-corrected chi connectivity index (χ2v) is 8.27. The number of ketones is 1. The highest BCUT2D eigenvalue weighted by Crippen LogP contribution is 2.11. The van der Waals surface area contributed by atoms with Crippen LogP contribution in [-0.2, 0) is 4.79 Å². The molecule has 0 bridgehead atoms. The van der Waals surface area contributed by atoms with Crippen molar-refractivity contribution >= 4 is 34.3 Å². The van der Waals surface area contributed by atoms with Crippen LogP contribution in [0.3, 0.4) is 0 Å². The van der Waals surface area contributed by atoms with Gasteiger partial charge in [-0.1, -0.05) is 51.4 Å². The number of amides is 1. The van der Waals surface area contributed by atoms with Crippen LogP contribution in [0.15, 0.2) is 24.3 Å². The first-order valence-corrected chi connectivity index (χ1v) is 11.1. The van der Waals surface area contributed by atoms with Crippen molar-refractivity contribution in [2.24, 2.45) is 11.5 Å². The van der Waals surface area contributed by atoms with Crippen molar-refractivity contribution in [2.45, 2.75) is 70.3 Å². The Kier molecular flexibility index (Phi) is 13.4. The zero-order valence-corrected chi connectivity index (χ0v) is 18.4. The van der Waals surface area contributed by atoms with E-state index in [-0.39, 0.29) is 18.2 Å². The molecule has 0 aliphatic rings. The second kappa shape index (κ2) is 15.0. The first kappa shape index (κ1) is 24.0. The molecule has 0 saturated heterocycles. The molecule has 152 valence electrons. The number of unbranched alkanes of at least 4 members (excludes halogenated alkanes) is 8. The van der Waals surface area contributed by atoms with Crippen LogP contribution < -0.4 is 16.8 Å². The lowest BCUT2D eigenvalue weighted by Crippen LogP contribution is -2.39. The Hall–Kier alpha value is -0.990. The van der Waals surface area contributed by atoms with E-state index in [9.17, 15) is 9.59 Å². The zero-order chi connectivity index (χ0) is 19.9. The van der Waals surface area contributed by atoms with Crippen molar-refractivity contribution in [3.63, 3.8) is 0 Å². The van der Waals surface area contributed by atoms with Gasteiger partial charge in [0.25, 0.3) is 5.91 Å². The third kappa shape index (κ3) is 11.4. The van der Waals surface area contributed by atoms with Crippen LogP contribution in [0, 0.1) is 3.57 Å². The van der Waals surface area contributed by atoms with E-state index in [0.717, 1.165) is 29.4 Å². The molecule has 0 aliphatic carbocycles. The van der Waals surface area contributed by atoms with E-state index in [1.54, 1.807) is 12.1 Å². The fourth-order valence-corrected chi connectivity index (χ4v) is 3.27. The van der Waals surface area contributed by atoms with E-state index < -0.39 is 6.04 Å². The lowest BCUT2D eigenvalue weighted by atomic mass is 10.0. The zero-order valence-electron chi connectivity index (χ0n) is 16.2. The normalized spacial score (nSPS) is 12.0. The summed E-state index contributed by atoms with van der Waals surface area (Å²) in [5.41, 5.74) is 12.0. The van der Waals surface area contributed by atoms with Crippen molar-refractivity contribution < 1.29 is 9.59 Å². The number of rotatable bonds is 15. The van der Waals surface area contributed by atoms with Gasteiger partial charge in [-0.25, -0.2) is 0 Å². The van der Waals surface area contributed by atoms with Crippen molar-refractivity contribution in [1.82, 2.24) is 5.32 Å². The number of Topliss-reactive ketones (excluding diaryl/α,β-unsaturated/α-hetero) is 1. The molecule has 0 aliphatic heterocycles. The number of carbonyl (C=O) groups excluding carboxylic acids is 2. The monoisotopic (exact) mass is 487 g/mol. The maximum atomic E-state index is 12.1. The van der Waals surface area contributed by atoms with Crippen molar-refractivity contribution in [1.29, 1.82) is 0 Å². The van der Waals surface area contributed by atoms with E-state index >= 15 is 0 Å². The highest BCUT2D eigenvalue weighted by Gasteiger charge is 2.14. The van der Waals surface area contributed by atoms with Crippen LogP contribution in [0.2, 0.25) is 0 Å². The highest BCUT2D eigenvalue weighted by molar-refractivity contribution is 14.1. The Bertz CT molecular complexity index is 549. The second-order valence-electron chi connectivity index (χ2n) is 7.02. The van der Waals surface area contributed by atoms with E-state index in [1.165, 1.54) is 38.5 Å². The molecule has 0 radical (unpaired) electrons. The van der Waals surface area contributed by atoms with Gasteiger partial charge < -0.3 is 16.8 Å². The lowest BCUT2D eigenvalue weighted by molar-refractivity contribution is -0.119. The quantitative estimate of drug-likeness (QED) is 0.259. The number of nitrogens with one attached hydrogen (secondary N) is 1. The molecule has 1 aromatic carbocycles. The number of nitrogens with two attached hydrogens (primary N) is 2. The van der Waals surface area contributed by atoms with Crippen molar-refractivity contribution in [3.05, 3.63) is 33.4 Å². The molecule has 0 fully saturated rings. The fraction of sp³-hybridized carbons (Fsp3) is 0.619. The molecule has 6 heteroatoms. The first-order valence-electron chi connectivity index (χ1n) is 10.1. The molecule has 0 saturated carbocycles. The predicted molar refractivity (Wildman–Crippen MR) is 120 cm³/mol. The molecule has 1 amide bonds. The number of hydrogen-bond acceptors (Lipinski definition) is 4. The summed E-state index contributed by atoms with van der Waals surface area (Å²) in [6, 6.07) is 6.74. The summed E-state index contributed by atoms with van der Waals surface area (Å²) in [5, 5.41) is 2.66. The van der Waals surface area contributed by atoms with Gasteiger partial charge in [0.05, 0.1) is 12.6 Å². The molecular formula is C21H34IN3O2. The van der Waals surface area contributed by atoms with E-state index in [2.05, 4.69) is 27.9 Å². The minimum absolute atomic E-state index is 0.00517. The minimum atomic E-state index is -0.488. The SMILES string of the molecule is NCCCCCCCCCCCC(N)C(=O)CNC(=O)c1ccc(I)cc1. The Labute approximate surface area is 177 Å². The third-order valence-corrected chi connectivity index (χ3v) is 5.38. The van der Waals surface area contributed by atoms with Gasteiger partial charge in [0.1, 0.15) is 0 Å². The van der Waals surface area contributed by atoms with Crippen LogP contribution in [0.1, 0.15) is 74.6 Å². The van der Waals surface area contributed by atoms with Crippen LogP contribution in [0.25, 0.3) is 0 Å². The summed E-state index contributed by atoms with van der Waals surface area (Å²) in [7, 11) is 0. The van der Waals surface area contributed by atoms with Gasteiger partial charge in [0, 0.05) is 9.13 Å². The summed E-state index contributed by atoms with van der Waals surface area (Å²) in [6.45, 7) is 0.795. The molecule has 1 unspecified atom stereocenters. The fourth-order valence-electron chi connectivity index (χ4n) is 2.91. The molecular weight excluding hydrogens is 453 g/mol. The number of hydrogen-bond donors (Lipinski definition) is 3. The molecule has 1 aromatic rings. The average molecular weight is 487 g/mol. The van der Waals surface area contributed by atoms with Gasteiger partial charge in [-0.3, -0.25) is 9.59 Å². The van der Waals surface area contributed by atoms with Gasteiger partial charge in [-0.15, -0.1) is 0 Å². The van der Waals surface area contributed by atoms with Gasteiger partial charge >= 0.3 is 0 Å². The van der Waals surface area contributed by atoms with Crippen LogP contribution in [0.5, 0.6) is 0 Å². The molecule has 5 nitrogen and oxygen atoms in total. The molecule has 0 heterocycles. The predicted octanol–water partition coefficient (Wildman–Crippen LogP) is 3.78. The maximum absolute atomic E-state index is 12.1. The lowest BCUT2D eigenvalue weighted by Gasteiger charge is -2.11. The Morgan fingerprint density at radius 1 is 0.889 bits per heavy atom. The van der Waals surface area contributed by atoms with Crippen molar-refractivity contribution in [2.75, 3.05) is 13.1 Å². The molecule has 1 rings (SSSR count). The Balaban J connectivity index is 2.06. The summed E-state index contributed by atoms with van der Waals surface area (Å²) in [4.78, 5) is 24.1. The van der Waals surface area contributed by atoms with Gasteiger partial charge in [0.15, 0.2) is 5.78 Å². The van der Waals surface area contributed by atoms with Crippen LogP contribution >= 0.6 is 22.6 Å². The van der Waals surface area contributed by atoms with E-state index in [0.29, 0.717) is 12.0 Å². The third-order valence-electron chi connectivity index (χ3n) is 4.66. The van der Waals surface area contributed by atoms with Gasteiger partial charge in [0.2, 0.25) is 0 Å². The summed E-state index contributed by atoms with van der Waals surface area (Å²) < 4.78 is 1.06. The number of benzene rings is 1. The standard InChI is InChI=1S/C21H34IN3O2/c22-18-13-11-17(12-14-18)21(27)25-16-20(26)19(24)10-8-6-4-2-1-3-5-7-9-15-23/h11-14,19H,1-10,15-16,23-24H2,(H,25,27). The molecule has 0 aromatic heterocycles. The highest BCUT2D eigenvalue weighted by atomic mass is 127. The molecule has 0 spiro atoms.